The molecule has 0 bridgehead atoms. The Hall–Kier alpha value is -0.900. The van der Waals surface area contributed by atoms with Crippen LogP contribution in [-0.2, 0) is 11.2 Å². The van der Waals surface area contributed by atoms with Crippen LogP contribution in [0.2, 0.25) is 0 Å². The zero-order chi connectivity index (χ0) is 10.7. The number of aryl methyl sites for hydroxylation is 1. The molecule has 1 heterocycles. The maximum atomic E-state index is 11.3. The highest BCUT2D eigenvalue weighted by Crippen LogP contribution is 2.21. The zero-order valence-electron chi connectivity index (χ0n) is 8.96. The van der Waals surface area contributed by atoms with Crippen molar-refractivity contribution in [2.24, 2.45) is 5.92 Å². The minimum atomic E-state index is -0.282. The van der Waals surface area contributed by atoms with Crippen LogP contribution in [0.5, 0.6) is 0 Å². The lowest BCUT2D eigenvalue weighted by molar-refractivity contribution is 0.0605. The third kappa shape index (κ3) is 2.54. The van der Waals surface area contributed by atoms with E-state index in [1.165, 1.54) is 18.4 Å². The predicted octanol–water partition coefficient (Wildman–Crippen LogP) is 2.44. The number of hydrogen-bond donors (Lipinski definition) is 0. The molecule has 0 aliphatic heterocycles. The standard InChI is InChI=1S/C10H15NO2S/c1-6(2)5-8-11-7(3)9(14-8)10(12)13-4/h6H,5H2,1-4H3. The van der Waals surface area contributed by atoms with Crippen molar-refractivity contribution in [2.75, 3.05) is 7.11 Å². The number of aromatic nitrogens is 1. The Kier molecular flexibility index (Phi) is 3.63. The lowest BCUT2D eigenvalue weighted by Crippen LogP contribution is -1.99. The van der Waals surface area contributed by atoms with E-state index in [-0.39, 0.29) is 5.97 Å². The Labute approximate surface area is 88.1 Å². The van der Waals surface area contributed by atoms with E-state index in [1.807, 2.05) is 6.92 Å². The van der Waals surface area contributed by atoms with E-state index in [4.69, 9.17) is 0 Å². The van der Waals surface area contributed by atoms with Gasteiger partial charge in [-0.3, -0.25) is 0 Å². The molecule has 0 fully saturated rings. The van der Waals surface area contributed by atoms with Crippen LogP contribution < -0.4 is 0 Å². The van der Waals surface area contributed by atoms with Gasteiger partial charge in [0.05, 0.1) is 17.8 Å². The first-order valence-electron chi connectivity index (χ1n) is 4.59. The van der Waals surface area contributed by atoms with E-state index >= 15 is 0 Å². The fourth-order valence-electron chi connectivity index (χ4n) is 1.17. The molecule has 0 spiro atoms. The van der Waals surface area contributed by atoms with Gasteiger partial charge < -0.3 is 4.74 Å². The maximum absolute atomic E-state index is 11.3. The second-order valence-corrected chi connectivity index (χ2v) is 4.70. The van der Waals surface area contributed by atoms with Crippen LogP contribution in [0.1, 0.15) is 34.2 Å². The Bertz CT molecular complexity index is 331. The zero-order valence-corrected chi connectivity index (χ0v) is 9.77. The van der Waals surface area contributed by atoms with Crippen LogP contribution in [0.25, 0.3) is 0 Å². The quantitative estimate of drug-likeness (QED) is 0.724. The molecule has 1 aromatic heterocycles. The normalized spacial score (nSPS) is 10.6. The molecule has 0 amide bonds. The van der Waals surface area contributed by atoms with E-state index in [1.54, 1.807) is 0 Å². The molecule has 1 rings (SSSR count). The molecule has 1 aromatic rings. The summed E-state index contributed by atoms with van der Waals surface area (Å²) in [6.45, 7) is 6.11. The molecule has 0 aliphatic carbocycles. The average Bonchev–Trinajstić information content (AvgIpc) is 2.44. The van der Waals surface area contributed by atoms with Gasteiger partial charge in [-0.1, -0.05) is 13.8 Å². The number of thiazole rings is 1. The number of hydrogen-bond acceptors (Lipinski definition) is 4. The molecule has 0 aliphatic rings. The second-order valence-electron chi connectivity index (χ2n) is 3.61. The molecule has 0 saturated carbocycles. The van der Waals surface area contributed by atoms with Gasteiger partial charge in [-0.2, -0.15) is 0 Å². The molecule has 0 N–H and O–H groups in total. The summed E-state index contributed by atoms with van der Waals surface area (Å²) in [4.78, 5) is 16.2. The lowest BCUT2D eigenvalue weighted by atomic mass is 10.1. The summed E-state index contributed by atoms with van der Waals surface area (Å²) in [5.41, 5.74) is 0.775. The summed E-state index contributed by atoms with van der Waals surface area (Å²) >= 11 is 1.43. The number of carbonyl (C=O) groups is 1. The summed E-state index contributed by atoms with van der Waals surface area (Å²) in [5.74, 6) is 0.279. The molecular formula is C10H15NO2S. The number of carbonyl (C=O) groups excluding carboxylic acids is 1. The van der Waals surface area contributed by atoms with Crippen LogP contribution >= 0.6 is 11.3 Å². The Balaban J connectivity index is 2.87. The van der Waals surface area contributed by atoms with Crippen LogP contribution in [0.15, 0.2) is 0 Å². The molecule has 3 nitrogen and oxygen atoms in total. The van der Waals surface area contributed by atoms with E-state index in [9.17, 15) is 4.79 Å². The number of ether oxygens (including phenoxy) is 1. The molecule has 4 heteroatoms. The summed E-state index contributed by atoms with van der Waals surface area (Å²) in [5, 5.41) is 1.01. The van der Waals surface area contributed by atoms with Gasteiger partial charge in [0, 0.05) is 6.42 Å². The molecule has 0 aromatic carbocycles. The van der Waals surface area contributed by atoms with Crippen molar-refractivity contribution in [1.82, 2.24) is 4.98 Å². The molecule has 14 heavy (non-hydrogen) atoms. The summed E-state index contributed by atoms with van der Waals surface area (Å²) in [6.07, 6.45) is 0.919. The first kappa shape index (κ1) is 11.2. The molecule has 0 radical (unpaired) electrons. The summed E-state index contributed by atoms with van der Waals surface area (Å²) in [7, 11) is 1.39. The molecule has 0 saturated heterocycles. The topological polar surface area (TPSA) is 39.2 Å². The SMILES string of the molecule is COC(=O)c1sc(CC(C)C)nc1C. The fourth-order valence-corrected chi connectivity index (χ4v) is 2.37. The van der Waals surface area contributed by atoms with Gasteiger partial charge in [-0.15, -0.1) is 11.3 Å². The molecule has 0 unspecified atom stereocenters. The van der Waals surface area contributed by atoms with Gasteiger partial charge in [-0.25, -0.2) is 9.78 Å². The van der Waals surface area contributed by atoms with Crippen molar-refractivity contribution in [3.63, 3.8) is 0 Å². The van der Waals surface area contributed by atoms with Crippen LogP contribution in [0, 0.1) is 12.8 Å². The predicted molar refractivity (Wildman–Crippen MR) is 56.7 cm³/mol. The van der Waals surface area contributed by atoms with E-state index in [2.05, 4.69) is 23.6 Å². The average molecular weight is 213 g/mol. The van der Waals surface area contributed by atoms with Gasteiger partial charge in [-0.05, 0) is 12.8 Å². The third-order valence-electron chi connectivity index (χ3n) is 1.79. The minimum absolute atomic E-state index is 0.282. The second kappa shape index (κ2) is 4.55. The van der Waals surface area contributed by atoms with Crippen LogP contribution in [-0.4, -0.2) is 18.1 Å². The highest BCUT2D eigenvalue weighted by Gasteiger charge is 2.15. The van der Waals surface area contributed by atoms with E-state index in [0.29, 0.717) is 10.8 Å². The monoisotopic (exact) mass is 213 g/mol. The Morgan fingerprint density at radius 1 is 1.57 bits per heavy atom. The Morgan fingerprint density at radius 3 is 2.71 bits per heavy atom. The van der Waals surface area contributed by atoms with Gasteiger partial charge in [0.1, 0.15) is 4.88 Å². The first-order chi connectivity index (χ1) is 6.54. The van der Waals surface area contributed by atoms with E-state index in [0.717, 1.165) is 17.1 Å². The first-order valence-corrected chi connectivity index (χ1v) is 5.40. The third-order valence-corrected chi connectivity index (χ3v) is 2.95. The molecular weight excluding hydrogens is 198 g/mol. The van der Waals surface area contributed by atoms with Gasteiger partial charge >= 0.3 is 5.97 Å². The highest BCUT2D eigenvalue weighted by atomic mass is 32.1. The summed E-state index contributed by atoms with van der Waals surface area (Å²) < 4.78 is 4.67. The van der Waals surface area contributed by atoms with Crippen molar-refractivity contribution in [1.29, 1.82) is 0 Å². The van der Waals surface area contributed by atoms with Crippen molar-refractivity contribution in [3.8, 4) is 0 Å². The van der Waals surface area contributed by atoms with Crippen molar-refractivity contribution < 1.29 is 9.53 Å². The number of nitrogens with zero attached hydrogens (tertiary/aromatic N) is 1. The lowest BCUT2D eigenvalue weighted by Gasteiger charge is -1.98. The smallest absolute Gasteiger partial charge is 0.349 e. The van der Waals surface area contributed by atoms with Gasteiger partial charge in [0.2, 0.25) is 0 Å². The maximum Gasteiger partial charge on any atom is 0.349 e. The number of esters is 1. The minimum Gasteiger partial charge on any atom is -0.465 e. The summed E-state index contributed by atoms with van der Waals surface area (Å²) in [6, 6.07) is 0. The van der Waals surface area contributed by atoms with Crippen LogP contribution in [0.3, 0.4) is 0 Å². The van der Waals surface area contributed by atoms with Gasteiger partial charge in [0.15, 0.2) is 0 Å². The fraction of sp³-hybridized carbons (Fsp3) is 0.600. The van der Waals surface area contributed by atoms with Crippen molar-refractivity contribution >= 4 is 17.3 Å². The van der Waals surface area contributed by atoms with Gasteiger partial charge in [0.25, 0.3) is 0 Å². The highest BCUT2D eigenvalue weighted by molar-refractivity contribution is 7.13. The van der Waals surface area contributed by atoms with E-state index < -0.39 is 0 Å². The number of rotatable bonds is 3. The molecule has 0 atom stereocenters. The Morgan fingerprint density at radius 2 is 2.21 bits per heavy atom. The van der Waals surface area contributed by atoms with Crippen molar-refractivity contribution in [2.45, 2.75) is 27.2 Å². The largest absolute Gasteiger partial charge is 0.465 e. The number of methoxy groups -OCH3 is 1. The van der Waals surface area contributed by atoms with Crippen molar-refractivity contribution in [3.05, 3.63) is 15.6 Å². The molecule has 78 valence electrons. The van der Waals surface area contributed by atoms with Crippen LogP contribution in [0.4, 0.5) is 0 Å².